The molecular weight excluding hydrogens is 248 g/mol. The van der Waals surface area contributed by atoms with E-state index < -0.39 is 24.6 Å². The molecule has 0 unspecified atom stereocenters. The van der Waals surface area contributed by atoms with Crippen LogP contribution in [0.25, 0.3) is 0 Å². The molecule has 0 radical (unpaired) electrons. The number of benzene rings is 1. The second-order valence-electron chi connectivity index (χ2n) is 4.13. The molecule has 0 fully saturated rings. The highest BCUT2D eigenvalue weighted by Gasteiger charge is 2.19. The number of urea groups is 1. The number of amides is 2. The van der Waals surface area contributed by atoms with Crippen molar-refractivity contribution >= 4 is 17.7 Å². The van der Waals surface area contributed by atoms with Crippen molar-refractivity contribution in [2.75, 3.05) is 11.9 Å². The Bertz CT molecular complexity index is 474. The van der Waals surface area contributed by atoms with Crippen LogP contribution in [0.4, 0.5) is 10.5 Å². The molecule has 1 atom stereocenters. The van der Waals surface area contributed by atoms with Crippen molar-refractivity contribution in [3.63, 3.8) is 0 Å². The van der Waals surface area contributed by atoms with Gasteiger partial charge in [-0.1, -0.05) is 25.1 Å². The fourth-order valence-electron chi connectivity index (χ4n) is 1.70. The van der Waals surface area contributed by atoms with Crippen LogP contribution in [0, 0.1) is 6.92 Å². The summed E-state index contributed by atoms with van der Waals surface area (Å²) in [6, 6.07) is 3.68. The van der Waals surface area contributed by atoms with Gasteiger partial charge in [0, 0.05) is 5.69 Å². The van der Waals surface area contributed by atoms with Crippen LogP contribution in [0.5, 0.6) is 0 Å². The molecule has 0 saturated carbocycles. The Morgan fingerprint density at radius 2 is 2.05 bits per heavy atom. The first-order valence-corrected chi connectivity index (χ1v) is 5.99. The third kappa shape index (κ3) is 3.96. The van der Waals surface area contributed by atoms with E-state index in [0.29, 0.717) is 5.69 Å². The SMILES string of the molecule is CCc1cccc(C)c1NC(=O)N[C@H](CO)C(=O)O. The number of carboxylic acids is 1. The second kappa shape index (κ2) is 6.75. The minimum atomic E-state index is -1.31. The molecule has 0 aliphatic rings. The molecule has 0 heterocycles. The fourth-order valence-corrected chi connectivity index (χ4v) is 1.70. The second-order valence-corrected chi connectivity index (χ2v) is 4.13. The monoisotopic (exact) mass is 266 g/mol. The number of aliphatic hydroxyl groups is 1. The van der Waals surface area contributed by atoms with E-state index in [1.807, 2.05) is 32.0 Å². The molecule has 0 aliphatic heterocycles. The number of nitrogens with one attached hydrogen (secondary N) is 2. The van der Waals surface area contributed by atoms with Gasteiger partial charge in [-0.3, -0.25) is 0 Å². The molecule has 1 rings (SSSR count). The minimum absolute atomic E-state index is 0.648. The van der Waals surface area contributed by atoms with Crippen LogP contribution in [-0.4, -0.2) is 34.9 Å². The average molecular weight is 266 g/mol. The number of aliphatic hydroxyl groups excluding tert-OH is 1. The van der Waals surface area contributed by atoms with Gasteiger partial charge in [0.2, 0.25) is 0 Å². The van der Waals surface area contributed by atoms with Crippen molar-refractivity contribution in [2.45, 2.75) is 26.3 Å². The predicted octanol–water partition coefficient (Wildman–Crippen LogP) is 1.12. The number of rotatable bonds is 5. The summed E-state index contributed by atoms with van der Waals surface area (Å²) in [5, 5.41) is 22.4. The first-order valence-electron chi connectivity index (χ1n) is 5.99. The van der Waals surface area contributed by atoms with Gasteiger partial charge in [-0.15, -0.1) is 0 Å². The topological polar surface area (TPSA) is 98.7 Å². The van der Waals surface area contributed by atoms with Crippen LogP contribution in [0.15, 0.2) is 18.2 Å². The predicted molar refractivity (Wildman–Crippen MR) is 71.2 cm³/mol. The molecule has 1 aromatic rings. The van der Waals surface area contributed by atoms with Gasteiger partial charge in [0.25, 0.3) is 0 Å². The number of hydrogen-bond donors (Lipinski definition) is 4. The third-order valence-electron chi connectivity index (χ3n) is 2.76. The molecule has 0 bridgehead atoms. The summed E-state index contributed by atoms with van der Waals surface area (Å²) >= 11 is 0. The van der Waals surface area contributed by atoms with Crippen LogP contribution in [0.2, 0.25) is 0 Å². The summed E-state index contributed by atoms with van der Waals surface area (Å²) in [7, 11) is 0. The molecule has 6 nitrogen and oxygen atoms in total. The number of carbonyl (C=O) groups is 2. The Morgan fingerprint density at radius 1 is 1.37 bits per heavy atom. The highest BCUT2D eigenvalue weighted by Crippen LogP contribution is 2.20. The van der Waals surface area contributed by atoms with Gasteiger partial charge in [0.05, 0.1) is 6.61 Å². The van der Waals surface area contributed by atoms with E-state index in [2.05, 4.69) is 10.6 Å². The van der Waals surface area contributed by atoms with Gasteiger partial charge in [-0.25, -0.2) is 9.59 Å². The number of carbonyl (C=O) groups excluding carboxylic acids is 1. The fraction of sp³-hybridized carbons (Fsp3) is 0.385. The number of aliphatic carboxylic acids is 1. The quantitative estimate of drug-likeness (QED) is 0.642. The molecule has 19 heavy (non-hydrogen) atoms. The van der Waals surface area contributed by atoms with Crippen molar-refractivity contribution in [1.82, 2.24) is 5.32 Å². The zero-order valence-electron chi connectivity index (χ0n) is 10.9. The smallest absolute Gasteiger partial charge is 0.328 e. The normalized spacial score (nSPS) is 11.7. The van der Waals surface area contributed by atoms with Crippen LogP contribution in [0.1, 0.15) is 18.1 Å². The highest BCUT2D eigenvalue weighted by molar-refractivity contribution is 5.93. The van der Waals surface area contributed by atoms with E-state index in [1.165, 1.54) is 0 Å². The molecular formula is C13H18N2O4. The van der Waals surface area contributed by atoms with E-state index in [9.17, 15) is 9.59 Å². The Labute approximate surface area is 111 Å². The lowest BCUT2D eigenvalue weighted by atomic mass is 10.1. The van der Waals surface area contributed by atoms with E-state index in [-0.39, 0.29) is 0 Å². The van der Waals surface area contributed by atoms with Crippen LogP contribution < -0.4 is 10.6 Å². The van der Waals surface area contributed by atoms with Crippen molar-refractivity contribution in [1.29, 1.82) is 0 Å². The molecule has 4 N–H and O–H groups in total. The average Bonchev–Trinajstić information content (AvgIpc) is 2.38. The highest BCUT2D eigenvalue weighted by atomic mass is 16.4. The van der Waals surface area contributed by atoms with Gasteiger partial charge < -0.3 is 20.8 Å². The number of anilines is 1. The molecule has 104 valence electrons. The van der Waals surface area contributed by atoms with Crippen molar-refractivity contribution < 1.29 is 19.8 Å². The first kappa shape index (κ1) is 15.0. The Balaban J connectivity index is 2.80. The zero-order chi connectivity index (χ0) is 14.4. The van der Waals surface area contributed by atoms with Gasteiger partial charge in [0.1, 0.15) is 0 Å². The molecule has 2 amide bonds. The Kier molecular flexibility index (Phi) is 5.32. The number of hydrogen-bond acceptors (Lipinski definition) is 3. The first-order chi connectivity index (χ1) is 8.99. The van der Waals surface area contributed by atoms with Crippen LogP contribution >= 0.6 is 0 Å². The third-order valence-corrected chi connectivity index (χ3v) is 2.76. The Morgan fingerprint density at radius 3 is 2.58 bits per heavy atom. The number of aryl methyl sites for hydroxylation is 2. The molecule has 1 aromatic carbocycles. The standard InChI is InChI=1S/C13H18N2O4/c1-3-9-6-4-5-8(2)11(9)15-13(19)14-10(7-16)12(17)18/h4-6,10,16H,3,7H2,1-2H3,(H,17,18)(H2,14,15,19)/t10-/m1/s1. The summed E-state index contributed by atoms with van der Waals surface area (Å²) in [6.45, 7) is 3.16. The van der Waals surface area contributed by atoms with Gasteiger partial charge >= 0.3 is 12.0 Å². The van der Waals surface area contributed by atoms with E-state index in [1.54, 1.807) is 0 Å². The summed E-state index contributed by atoms with van der Waals surface area (Å²) in [6.07, 6.45) is 0.750. The molecule has 0 aromatic heterocycles. The van der Waals surface area contributed by atoms with Crippen molar-refractivity contribution in [3.05, 3.63) is 29.3 Å². The van der Waals surface area contributed by atoms with E-state index >= 15 is 0 Å². The molecule has 0 aliphatic carbocycles. The van der Waals surface area contributed by atoms with E-state index in [4.69, 9.17) is 10.2 Å². The molecule has 0 saturated heterocycles. The van der Waals surface area contributed by atoms with Crippen LogP contribution in [0.3, 0.4) is 0 Å². The van der Waals surface area contributed by atoms with Crippen LogP contribution in [-0.2, 0) is 11.2 Å². The lowest BCUT2D eigenvalue weighted by molar-refractivity contribution is -0.140. The molecule has 6 heteroatoms. The van der Waals surface area contributed by atoms with Crippen molar-refractivity contribution in [3.8, 4) is 0 Å². The summed E-state index contributed by atoms with van der Waals surface area (Å²) in [4.78, 5) is 22.4. The number of para-hydroxylation sites is 1. The van der Waals surface area contributed by atoms with Crippen molar-refractivity contribution in [2.24, 2.45) is 0 Å². The maximum atomic E-state index is 11.7. The number of carboxylic acid groups (broad SMARTS) is 1. The zero-order valence-corrected chi connectivity index (χ0v) is 10.9. The molecule has 0 spiro atoms. The van der Waals surface area contributed by atoms with Gasteiger partial charge in [-0.2, -0.15) is 0 Å². The lowest BCUT2D eigenvalue weighted by Crippen LogP contribution is -2.45. The summed E-state index contributed by atoms with van der Waals surface area (Å²) in [5.41, 5.74) is 2.53. The summed E-state index contributed by atoms with van der Waals surface area (Å²) < 4.78 is 0. The van der Waals surface area contributed by atoms with Gasteiger partial charge in [0.15, 0.2) is 6.04 Å². The van der Waals surface area contributed by atoms with E-state index in [0.717, 1.165) is 17.5 Å². The Hall–Kier alpha value is -2.08. The summed E-state index contributed by atoms with van der Waals surface area (Å²) in [5.74, 6) is -1.28. The maximum Gasteiger partial charge on any atom is 0.328 e. The largest absolute Gasteiger partial charge is 0.480 e. The minimum Gasteiger partial charge on any atom is -0.480 e. The lowest BCUT2D eigenvalue weighted by Gasteiger charge is -2.16. The maximum absolute atomic E-state index is 11.7. The van der Waals surface area contributed by atoms with Gasteiger partial charge in [-0.05, 0) is 24.5 Å².